The average molecular weight is 505 g/mol. The van der Waals surface area contributed by atoms with Crippen LogP contribution in [-0.2, 0) is 22.7 Å². The summed E-state index contributed by atoms with van der Waals surface area (Å²) in [6.45, 7) is 2.59. The highest BCUT2D eigenvalue weighted by Crippen LogP contribution is 2.37. The van der Waals surface area contributed by atoms with Crippen LogP contribution in [0.4, 0.5) is 0 Å². The third-order valence-corrected chi connectivity index (χ3v) is 8.33. The van der Waals surface area contributed by atoms with E-state index >= 15 is 0 Å². The molecule has 0 unspecified atom stereocenters. The number of benzene rings is 8. The van der Waals surface area contributed by atoms with Gasteiger partial charge in [-0.15, -0.1) is 0 Å². The molecule has 0 aromatic heterocycles. The molecule has 2 nitrogen and oxygen atoms in total. The Bertz CT molecular complexity index is 1920. The monoisotopic (exact) mass is 504 g/mol. The molecule has 0 aliphatic rings. The van der Waals surface area contributed by atoms with E-state index in [0.29, 0.717) is 26.4 Å². The summed E-state index contributed by atoms with van der Waals surface area (Å²) >= 11 is 0. The molecule has 0 radical (unpaired) electrons. The summed E-state index contributed by atoms with van der Waals surface area (Å²) in [7, 11) is 0. The highest BCUT2D eigenvalue weighted by molar-refractivity contribution is 6.24. The molecule has 0 fully saturated rings. The fraction of sp³-hybridized carbons (Fsp3) is 0.135. The first-order valence-electron chi connectivity index (χ1n) is 13.8. The zero-order valence-corrected chi connectivity index (χ0v) is 21.7. The lowest BCUT2D eigenvalue weighted by atomic mass is 9.92. The second-order valence-electron chi connectivity index (χ2n) is 10.6. The summed E-state index contributed by atoms with van der Waals surface area (Å²) in [6, 6.07) is 39.9. The third-order valence-electron chi connectivity index (χ3n) is 8.33. The van der Waals surface area contributed by atoms with E-state index < -0.39 is 0 Å². The Hall–Kier alpha value is -4.24. The minimum absolute atomic E-state index is 0.614. The van der Waals surface area contributed by atoms with Crippen molar-refractivity contribution in [3.8, 4) is 0 Å². The van der Waals surface area contributed by atoms with Gasteiger partial charge in [0.15, 0.2) is 0 Å². The van der Waals surface area contributed by atoms with Gasteiger partial charge in [-0.05, 0) is 82.2 Å². The largest absolute Gasteiger partial charge is 0.377 e. The minimum atomic E-state index is 0.614. The predicted molar refractivity (Wildman–Crippen MR) is 164 cm³/mol. The molecule has 0 heterocycles. The zero-order chi connectivity index (χ0) is 25.8. The zero-order valence-electron chi connectivity index (χ0n) is 21.7. The first-order valence-corrected chi connectivity index (χ1v) is 13.8. The van der Waals surface area contributed by atoms with Crippen molar-refractivity contribution in [2.75, 3.05) is 13.2 Å². The van der Waals surface area contributed by atoms with Crippen LogP contribution >= 0.6 is 0 Å². The number of hydrogen-bond donors (Lipinski definition) is 0. The maximum absolute atomic E-state index is 6.13. The van der Waals surface area contributed by atoms with E-state index in [-0.39, 0.29) is 0 Å². The molecule has 8 rings (SSSR count). The topological polar surface area (TPSA) is 18.5 Å². The van der Waals surface area contributed by atoms with Crippen LogP contribution in [0.2, 0.25) is 0 Å². The van der Waals surface area contributed by atoms with Crippen molar-refractivity contribution in [1.29, 1.82) is 0 Å². The van der Waals surface area contributed by atoms with Gasteiger partial charge in [-0.3, -0.25) is 0 Å². The van der Waals surface area contributed by atoms with E-state index in [2.05, 4.69) is 109 Å². The van der Waals surface area contributed by atoms with Gasteiger partial charge >= 0.3 is 0 Å². The first-order chi connectivity index (χ1) is 19.3. The van der Waals surface area contributed by atoms with Gasteiger partial charge in [0.2, 0.25) is 0 Å². The van der Waals surface area contributed by atoms with Crippen LogP contribution in [0.3, 0.4) is 0 Å². The molecule has 0 N–H and O–H groups in total. The molecule has 0 spiro atoms. The van der Waals surface area contributed by atoms with Crippen LogP contribution in [0.25, 0.3) is 64.6 Å². The summed E-state index contributed by atoms with van der Waals surface area (Å²) in [5.41, 5.74) is 2.49. The Balaban J connectivity index is 0.929. The molecule has 188 valence electrons. The standard InChI is InChI=1S/C37H28O2/c1-4-24-8-10-28-12-14-30(32-18-16-26(6-1)34(24)36(28)32)22-38-20-3-21-39-23-31-15-13-29-11-9-25-5-2-7-27-17-19-33(31)37(29)35(25)27/h1-2,4-19H,3,20-23H2. The van der Waals surface area contributed by atoms with E-state index in [1.807, 2.05) is 0 Å². The van der Waals surface area contributed by atoms with Gasteiger partial charge in [0.1, 0.15) is 0 Å². The molecule has 0 amide bonds. The quantitative estimate of drug-likeness (QED) is 0.151. The maximum Gasteiger partial charge on any atom is 0.0722 e. The summed E-state index contributed by atoms with van der Waals surface area (Å²) in [4.78, 5) is 0. The van der Waals surface area contributed by atoms with Crippen molar-refractivity contribution in [3.05, 3.63) is 120 Å². The van der Waals surface area contributed by atoms with Crippen molar-refractivity contribution in [1.82, 2.24) is 0 Å². The van der Waals surface area contributed by atoms with Crippen LogP contribution < -0.4 is 0 Å². The van der Waals surface area contributed by atoms with Crippen molar-refractivity contribution in [2.45, 2.75) is 19.6 Å². The van der Waals surface area contributed by atoms with Crippen LogP contribution in [0.15, 0.2) is 109 Å². The molecule has 0 atom stereocenters. The Morgan fingerprint density at radius 2 is 0.718 bits per heavy atom. The molecule has 39 heavy (non-hydrogen) atoms. The molecular formula is C37H28O2. The number of hydrogen-bond acceptors (Lipinski definition) is 2. The lowest BCUT2D eigenvalue weighted by Crippen LogP contribution is -2.02. The van der Waals surface area contributed by atoms with Crippen LogP contribution in [0.1, 0.15) is 17.5 Å². The third kappa shape index (κ3) is 3.71. The average Bonchev–Trinajstić information content (AvgIpc) is 2.99. The summed E-state index contributed by atoms with van der Waals surface area (Å²) < 4.78 is 12.3. The first kappa shape index (κ1) is 22.7. The Morgan fingerprint density at radius 3 is 1.15 bits per heavy atom. The Morgan fingerprint density at radius 1 is 0.359 bits per heavy atom. The van der Waals surface area contributed by atoms with Gasteiger partial charge < -0.3 is 9.47 Å². The predicted octanol–water partition coefficient (Wildman–Crippen LogP) is 9.60. The molecule has 0 aliphatic carbocycles. The van der Waals surface area contributed by atoms with Gasteiger partial charge in [0.25, 0.3) is 0 Å². The molecule has 8 aromatic carbocycles. The molecular weight excluding hydrogens is 476 g/mol. The van der Waals surface area contributed by atoms with Crippen LogP contribution in [0, 0.1) is 0 Å². The lowest BCUT2D eigenvalue weighted by molar-refractivity contribution is 0.0703. The maximum atomic E-state index is 6.13. The summed E-state index contributed by atoms with van der Waals surface area (Å²) in [5.74, 6) is 0. The van der Waals surface area contributed by atoms with Crippen molar-refractivity contribution in [2.24, 2.45) is 0 Å². The van der Waals surface area contributed by atoms with Gasteiger partial charge in [-0.1, -0.05) is 109 Å². The van der Waals surface area contributed by atoms with Gasteiger partial charge in [0.05, 0.1) is 13.2 Å². The fourth-order valence-electron chi connectivity index (χ4n) is 6.47. The smallest absolute Gasteiger partial charge is 0.0722 e. The van der Waals surface area contributed by atoms with Crippen molar-refractivity contribution in [3.63, 3.8) is 0 Å². The molecule has 0 bridgehead atoms. The summed E-state index contributed by atoms with van der Waals surface area (Å²) in [5, 5.41) is 15.8. The van der Waals surface area contributed by atoms with E-state index in [1.54, 1.807) is 0 Å². The Kier molecular flexibility index (Phi) is 5.36. The minimum Gasteiger partial charge on any atom is -0.377 e. The Labute approximate surface area is 227 Å². The molecule has 0 saturated carbocycles. The van der Waals surface area contributed by atoms with Crippen molar-refractivity contribution >= 4 is 64.6 Å². The normalized spacial score (nSPS) is 12.3. The molecule has 0 saturated heterocycles. The van der Waals surface area contributed by atoms with E-state index in [0.717, 1.165) is 6.42 Å². The van der Waals surface area contributed by atoms with Crippen molar-refractivity contribution < 1.29 is 9.47 Å². The van der Waals surface area contributed by atoms with E-state index in [4.69, 9.17) is 9.47 Å². The highest BCUT2D eigenvalue weighted by atomic mass is 16.5. The second kappa shape index (κ2) is 9.20. The fourth-order valence-corrected chi connectivity index (χ4v) is 6.47. The molecule has 0 aliphatic heterocycles. The van der Waals surface area contributed by atoms with Gasteiger partial charge in [-0.2, -0.15) is 0 Å². The molecule has 8 aromatic rings. The lowest BCUT2D eigenvalue weighted by Gasteiger charge is -2.14. The van der Waals surface area contributed by atoms with E-state index in [9.17, 15) is 0 Å². The van der Waals surface area contributed by atoms with Gasteiger partial charge in [-0.25, -0.2) is 0 Å². The SMILES string of the molecule is c1cc2ccc3ccc(COCCCOCc4ccc5ccc6cccc7ccc4c5c67)c4ccc(c1)c2c34. The molecule has 2 heteroatoms. The second-order valence-corrected chi connectivity index (χ2v) is 10.6. The highest BCUT2D eigenvalue weighted by Gasteiger charge is 2.12. The van der Waals surface area contributed by atoms with Gasteiger partial charge in [0, 0.05) is 13.2 Å². The van der Waals surface area contributed by atoms with Crippen LogP contribution in [-0.4, -0.2) is 13.2 Å². The number of rotatable bonds is 8. The van der Waals surface area contributed by atoms with Crippen LogP contribution in [0.5, 0.6) is 0 Å². The summed E-state index contributed by atoms with van der Waals surface area (Å²) in [6.07, 6.45) is 0.873. The number of ether oxygens (including phenoxy) is 2. The van der Waals surface area contributed by atoms with E-state index in [1.165, 1.54) is 75.8 Å².